The molecule has 0 fully saturated rings. The van der Waals surface area contributed by atoms with Gasteiger partial charge in [0.1, 0.15) is 0 Å². The van der Waals surface area contributed by atoms with Crippen molar-refractivity contribution in [3.63, 3.8) is 0 Å². The van der Waals surface area contributed by atoms with Crippen LogP contribution >= 0.6 is 0 Å². The second-order valence-corrected chi connectivity index (χ2v) is 1.78. The SMILES string of the molecule is [K+].[S-]c1ccccc1. The molecule has 0 aliphatic carbocycles. The molecule has 36 valence electrons. The fraction of sp³-hybridized carbons (Fsp3) is 0. The van der Waals surface area contributed by atoms with Gasteiger partial charge >= 0.3 is 51.4 Å². The van der Waals surface area contributed by atoms with E-state index in [1.54, 1.807) is 0 Å². The van der Waals surface area contributed by atoms with Gasteiger partial charge in [0, 0.05) is 0 Å². The van der Waals surface area contributed by atoms with E-state index in [0.29, 0.717) is 0 Å². The number of rotatable bonds is 0. The van der Waals surface area contributed by atoms with Crippen molar-refractivity contribution in [1.29, 1.82) is 0 Å². The topological polar surface area (TPSA) is 0 Å². The molecule has 0 atom stereocenters. The molecule has 0 aliphatic heterocycles. The third-order valence-corrected chi connectivity index (χ3v) is 1.02. The van der Waals surface area contributed by atoms with Gasteiger partial charge in [-0.15, -0.1) is 0 Å². The Morgan fingerprint density at radius 3 is 1.75 bits per heavy atom. The van der Waals surface area contributed by atoms with Crippen LogP contribution in [0.2, 0.25) is 0 Å². The molecule has 0 unspecified atom stereocenters. The molecule has 0 bridgehead atoms. The van der Waals surface area contributed by atoms with E-state index >= 15 is 0 Å². The summed E-state index contributed by atoms with van der Waals surface area (Å²) >= 11 is 4.81. The van der Waals surface area contributed by atoms with Crippen LogP contribution in [0.5, 0.6) is 0 Å². The third-order valence-electron chi connectivity index (χ3n) is 0.743. The van der Waals surface area contributed by atoms with Crippen molar-refractivity contribution >= 4 is 12.6 Å². The molecule has 0 radical (unpaired) electrons. The Morgan fingerprint density at radius 2 is 1.50 bits per heavy atom. The van der Waals surface area contributed by atoms with Gasteiger partial charge in [0.25, 0.3) is 0 Å². The summed E-state index contributed by atoms with van der Waals surface area (Å²) in [6.07, 6.45) is 0. The van der Waals surface area contributed by atoms with Crippen LogP contribution in [-0.2, 0) is 12.6 Å². The molecular weight excluding hydrogens is 143 g/mol. The zero-order valence-corrected chi connectivity index (χ0v) is 8.73. The van der Waals surface area contributed by atoms with E-state index in [1.165, 1.54) is 0 Å². The molecule has 0 amide bonds. The molecule has 0 aliphatic rings. The maximum atomic E-state index is 4.81. The van der Waals surface area contributed by atoms with E-state index in [4.69, 9.17) is 12.6 Å². The molecule has 0 saturated heterocycles. The van der Waals surface area contributed by atoms with Gasteiger partial charge in [-0.3, -0.25) is 0 Å². The summed E-state index contributed by atoms with van der Waals surface area (Å²) in [4.78, 5) is 0.905. The van der Waals surface area contributed by atoms with E-state index in [9.17, 15) is 0 Å². The Kier molecular flexibility index (Phi) is 5.57. The normalized spacial score (nSPS) is 7.50. The van der Waals surface area contributed by atoms with Crippen LogP contribution in [0.15, 0.2) is 35.2 Å². The molecule has 1 rings (SSSR count). The van der Waals surface area contributed by atoms with E-state index in [1.807, 2.05) is 30.3 Å². The number of benzene rings is 1. The molecule has 8 heavy (non-hydrogen) atoms. The molecule has 0 saturated carbocycles. The Labute approximate surface area is 97.5 Å². The van der Waals surface area contributed by atoms with Crippen LogP contribution in [0.3, 0.4) is 0 Å². The first-order valence-corrected chi connectivity index (χ1v) is 2.52. The fourth-order valence-corrected chi connectivity index (χ4v) is 0.578. The zero-order valence-electron chi connectivity index (χ0n) is 4.79. The van der Waals surface area contributed by atoms with Crippen molar-refractivity contribution in [2.75, 3.05) is 0 Å². The average molecular weight is 148 g/mol. The summed E-state index contributed by atoms with van der Waals surface area (Å²) < 4.78 is 0. The summed E-state index contributed by atoms with van der Waals surface area (Å²) in [6, 6.07) is 9.62. The van der Waals surface area contributed by atoms with Gasteiger partial charge in [-0.25, -0.2) is 0 Å². The van der Waals surface area contributed by atoms with Crippen LogP contribution < -0.4 is 51.4 Å². The summed E-state index contributed by atoms with van der Waals surface area (Å²) in [7, 11) is 0. The first-order valence-electron chi connectivity index (χ1n) is 2.11. The zero-order chi connectivity index (χ0) is 5.11. The Balaban J connectivity index is 0.000000490. The largest absolute Gasteiger partial charge is 1.00 e. The molecule has 0 heterocycles. The molecule has 0 spiro atoms. The number of hydrogen-bond donors (Lipinski definition) is 0. The minimum Gasteiger partial charge on any atom is -0.780 e. The minimum atomic E-state index is 0. The van der Waals surface area contributed by atoms with E-state index in [0.717, 1.165) is 4.90 Å². The van der Waals surface area contributed by atoms with Crippen molar-refractivity contribution < 1.29 is 51.4 Å². The summed E-state index contributed by atoms with van der Waals surface area (Å²) in [6.45, 7) is 0. The van der Waals surface area contributed by atoms with Gasteiger partial charge in [0.05, 0.1) is 0 Å². The maximum Gasteiger partial charge on any atom is 1.00 e. The molecule has 0 aromatic heterocycles. The van der Waals surface area contributed by atoms with Gasteiger partial charge in [-0.05, 0) is 0 Å². The third kappa shape index (κ3) is 3.17. The van der Waals surface area contributed by atoms with E-state index < -0.39 is 0 Å². The first kappa shape index (κ1) is 9.08. The maximum absolute atomic E-state index is 4.81. The van der Waals surface area contributed by atoms with Crippen molar-refractivity contribution in [2.45, 2.75) is 4.90 Å². The Bertz CT molecular complexity index is 138. The molecule has 1 aromatic rings. The smallest absolute Gasteiger partial charge is 0.780 e. The van der Waals surface area contributed by atoms with Gasteiger partial charge < -0.3 is 12.6 Å². The second-order valence-electron chi connectivity index (χ2n) is 1.31. The number of hydrogen-bond acceptors (Lipinski definition) is 1. The summed E-state index contributed by atoms with van der Waals surface area (Å²) in [5.41, 5.74) is 0. The van der Waals surface area contributed by atoms with Crippen LogP contribution in [0.4, 0.5) is 0 Å². The van der Waals surface area contributed by atoms with Gasteiger partial charge in [-0.1, -0.05) is 30.3 Å². The summed E-state index contributed by atoms with van der Waals surface area (Å²) in [5.74, 6) is 0. The van der Waals surface area contributed by atoms with Crippen LogP contribution in [0.1, 0.15) is 0 Å². The fourth-order valence-electron chi connectivity index (χ4n) is 0.420. The van der Waals surface area contributed by atoms with Crippen LogP contribution in [0, 0.1) is 0 Å². The van der Waals surface area contributed by atoms with Crippen LogP contribution in [-0.4, -0.2) is 0 Å². The molecule has 1 aromatic carbocycles. The molecular formula is C6H5KS. The van der Waals surface area contributed by atoms with Crippen molar-refractivity contribution in [3.05, 3.63) is 30.3 Å². The van der Waals surface area contributed by atoms with Crippen molar-refractivity contribution in [2.24, 2.45) is 0 Å². The molecule has 0 nitrogen and oxygen atoms in total. The average Bonchev–Trinajstić information content (AvgIpc) is 1.69. The Hall–Kier alpha value is 1.08. The minimum absolute atomic E-state index is 0. The van der Waals surface area contributed by atoms with Gasteiger partial charge in [-0.2, -0.15) is 4.90 Å². The standard InChI is InChI=1S/C6H6S.K/c7-6-4-2-1-3-5-6;/h1-5,7H;/q;+1/p-1. The van der Waals surface area contributed by atoms with E-state index in [2.05, 4.69) is 0 Å². The quantitative estimate of drug-likeness (QED) is 0.322. The van der Waals surface area contributed by atoms with Gasteiger partial charge in [0.2, 0.25) is 0 Å². The summed E-state index contributed by atoms with van der Waals surface area (Å²) in [5, 5.41) is 0. The van der Waals surface area contributed by atoms with Crippen LogP contribution in [0.25, 0.3) is 0 Å². The van der Waals surface area contributed by atoms with E-state index in [-0.39, 0.29) is 51.4 Å². The second kappa shape index (κ2) is 4.91. The van der Waals surface area contributed by atoms with Gasteiger partial charge in [0.15, 0.2) is 0 Å². The van der Waals surface area contributed by atoms with Crippen molar-refractivity contribution in [1.82, 2.24) is 0 Å². The Morgan fingerprint density at radius 1 is 1.00 bits per heavy atom. The monoisotopic (exact) mass is 148 g/mol. The predicted octanol–water partition coefficient (Wildman–Crippen LogP) is -1.40. The first-order chi connectivity index (χ1) is 3.39. The molecule has 0 N–H and O–H groups in total. The predicted molar refractivity (Wildman–Crippen MR) is 32.1 cm³/mol. The van der Waals surface area contributed by atoms with Crippen molar-refractivity contribution in [3.8, 4) is 0 Å². The molecule has 2 heteroatoms.